The second-order valence-corrected chi connectivity index (χ2v) is 13.5. The van der Waals surface area contributed by atoms with Crippen LogP contribution in [0.1, 0.15) is 0 Å². The van der Waals surface area contributed by atoms with Crippen molar-refractivity contribution in [2.75, 3.05) is 0 Å². The molecular weight excluding hydrogens is 585 g/mol. The van der Waals surface area contributed by atoms with Crippen molar-refractivity contribution < 1.29 is 0 Å². The number of benzene rings is 9. The fourth-order valence-corrected chi connectivity index (χ4v) is 8.82. The minimum Gasteiger partial charge on any atom is -0.135 e. The van der Waals surface area contributed by atoms with Gasteiger partial charge in [-0.1, -0.05) is 158 Å². The van der Waals surface area contributed by atoms with Crippen LogP contribution in [0, 0.1) is 0 Å². The van der Waals surface area contributed by atoms with Gasteiger partial charge in [-0.05, 0) is 89.0 Å². The van der Waals surface area contributed by atoms with Crippen LogP contribution >= 0.6 is 11.3 Å². The second-order valence-electron chi connectivity index (χ2n) is 12.5. The van der Waals surface area contributed by atoms with Gasteiger partial charge in [-0.3, -0.25) is 0 Å². The van der Waals surface area contributed by atoms with E-state index in [1.165, 1.54) is 97.0 Å². The maximum absolute atomic E-state index is 2.42. The highest BCUT2D eigenvalue weighted by Gasteiger charge is 2.17. The number of fused-ring (bicyclic) bond motifs is 3. The van der Waals surface area contributed by atoms with Crippen LogP contribution in [0.25, 0.3) is 97.0 Å². The van der Waals surface area contributed by atoms with Gasteiger partial charge in [0.05, 0.1) is 0 Å². The van der Waals surface area contributed by atoms with Gasteiger partial charge >= 0.3 is 0 Å². The smallest absolute Gasteiger partial charge is 0.0433 e. The second kappa shape index (κ2) is 10.4. The molecule has 0 atom stereocenters. The van der Waals surface area contributed by atoms with E-state index in [9.17, 15) is 0 Å². The summed E-state index contributed by atoms with van der Waals surface area (Å²) in [4.78, 5) is 0. The lowest BCUT2D eigenvalue weighted by Gasteiger charge is -2.18. The van der Waals surface area contributed by atoms with Crippen molar-refractivity contribution in [1.82, 2.24) is 0 Å². The first-order chi connectivity index (χ1) is 23.3. The summed E-state index contributed by atoms with van der Waals surface area (Å²) < 4.78 is 2.69. The Kier molecular flexibility index (Phi) is 5.85. The molecule has 0 nitrogen and oxygen atoms in total. The molecule has 10 aromatic rings. The fraction of sp³-hybridized carbons (Fsp3) is 0. The van der Waals surface area contributed by atoms with Gasteiger partial charge in [0.15, 0.2) is 0 Å². The van der Waals surface area contributed by atoms with E-state index in [2.05, 4.69) is 170 Å². The lowest BCUT2D eigenvalue weighted by Crippen LogP contribution is -1.91. The van der Waals surface area contributed by atoms with E-state index in [0.29, 0.717) is 0 Å². The number of hydrogen-bond acceptors (Lipinski definition) is 1. The summed E-state index contributed by atoms with van der Waals surface area (Å²) >= 11 is 1.89. The van der Waals surface area contributed by atoms with Crippen LogP contribution in [0.3, 0.4) is 0 Å². The fourth-order valence-electron chi connectivity index (χ4n) is 7.59. The van der Waals surface area contributed by atoms with Crippen LogP contribution in [0.2, 0.25) is 0 Å². The topological polar surface area (TPSA) is 0 Å². The molecule has 1 aromatic heterocycles. The molecular formula is C46H28S. The maximum Gasteiger partial charge on any atom is 0.0433 e. The summed E-state index contributed by atoms with van der Waals surface area (Å²) in [7, 11) is 0. The van der Waals surface area contributed by atoms with Crippen LogP contribution in [0.15, 0.2) is 170 Å². The van der Waals surface area contributed by atoms with Crippen LogP contribution in [0.5, 0.6) is 0 Å². The van der Waals surface area contributed by atoms with Gasteiger partial charge in [-0.15, -0.1) is 11.3 Å². The molecule has 0 bridgehead atoms. The lowest BCUT2D eigenvalue weighted by molar-refractivity contribution is 1.60. The van der Waals surface area contributed by atoms with Gasteiger partial charge in [-0.25, -0.2) is 0 Å². The summed E-state index contributed by atoms with van der Waals surface area (Å²) in [6.07, 6.45) is 0. The number of hydrogen-bond donors (Lipinski definition) is 0. The number of thiophene rings is 1. The Labute approximate surface area is 277 Å². The van der Waals surface area contributed by atoms with Crippen molar-refractivity contribution in [2.45, 2.75) is 0 Å². The average molecular weight is 613 g/mol. The largest absolute Gasteiger partial charge is 0.135 e. The van der Waals surface area contributed by atoms with Crippen LogP contribution < -0.4 is 0 Å². The molecule has 0 radical (unpaired) electrons. The van der Waals surface area contributed by atoms with Crippen molar-refractivity contribution in [3.8, 4) is 44.5 Å². The molecule has 0 amide bonds. The van der Waals surface area contributed by atoms with Gasteiger partial charge in [0.2, 0.25) is 0 Å². The van der Waals surface area contributed by atoms with Crippen molar-refractivity contribution in [3.63, 3.8) is 0 Å². The highest BCUT2D eigenvalue weighted by molar-refractivity contribution is 7.26. The molecule has 0 saturated carbocycles. The van der Waals surface area contributed by atoms with E-state index < -0.39 is 0 Å². The van der Waals surface area contributed by atoms with E-state index in [0.717, 1.165) is 0 Å². The molecule has 0 aliphatic heterocycles. The van der Waals surface area contributed by atoms with E-state index in [-0.39, 0.29) is 0 Å². The summed E-state index contributed by atoms with van der Waals surface area (Å²) in [6.45, 7) is 0. The summed E-state index contributed by atoms with van der Waals surface area (Å²) in [6, 6.07) is 62.7. The van der Waals surface area contributed by atoms with Gasteiger partial charge in [0.25, 0.3) is 0 Å². The van der Waals surface area contributed by atoms with E-state index in [1.54, 1.807) is 0 Å². The Bertz CT molecular complexity index is 2730. The zero-order valence-corrected chi connectivity index (χ0v) is 26.4. The summed E-state index contributed by atoms with van der Waals surface area (Å²) in [5, 5.41) is 10.5. The minimum atomic E-state index is 1.23. The predicted octanol–water partition coefficient (Wildman–Crippen LogP) is 13.6. The Hall–Kier alpha value is -5.76. The molecule has 0 saturated heterocycles. The van der Waals surface area contributed by atoms with Crippen LogP contribution in [-0.2, 0) is 0 Å². The van der Waals surface area contributed by atoms with Gasteiger partial charge < -0.3 is 0 Å². The molecule has 0 aliphatic carbocycles. The molecule has 0 aliphatic rings. The van der Waals surface area contributed by atoms with E-state index in [4.69, 9.17) is 0 Å². The van der Waals surface area contributed by atoms with Crippen molar-refractivity contribution >= 4 is 63.8 Å². The molecule has 218 valence electrons. The normalized spacial score (nSPS) is 11.8. The minimum absolute atomic E-state index is 1.23. The molecule has 1 heteroatoms. The Balaban J connectivity index is 1.16. The average Bonchev–Trinajstić information content (AvgIpc) is 3.53. The molecule has 0 spiro atoms. The van der Waals surface area contributed by atoms with Crippen LogP contribution in [0.4, 0.5) is 0 Å². The molecule has 0 unspecified atom stereocenters. The molecule has 47 heavy (non-hydrogen) atoms. The summed E-state index contributed by atoms with van der Waals surface area (Å²) in [5.41, 5.74) is 10.0. The Morgan fingerprint density at radius 1 is 0.298 bits per heavy atom. The third-order valence-corrected chi connectivity index (χ3v) is 11.1. The first-order valence-corrected chi connectivity index (χ1v) is 17.0. The lowest BCUT2D eigenvalue weighted by atomic mass is 9.85. The highest BCUT2D eigenvalue weighted by atomic mass is 32.1. The third-order valence-electron chi connectivity index (χ3n) is 9.86. The van der Waals surface area contributed by atoms with Gasteiger partial charge in [0.1, 0.15) is 0 Å². The molecule has 0 fully saturated rings. The van der Waals surface area contributed by atoms with Crippen molar-refractivity contribution in [2.24, 2.45) is 0 Å². The quantitative estimate of drug-likeness (QED) is 0.173. The monoisotopic (exact) mass is 612 g/mol. The van der Waals surface area contributed by atoms with E-state index in [1.807, 2.05) is 11.3 Å². The van der Waals surface area contributed by atoms with Crippen molar-refractivity contribution in [3.05, 3.63) is 170 Å². The SMILES string of the molecule is c1ccc(-c2ccc(-c3cc(-c4ccc(-c5cccc6c5sc5ccccc56)cc4)c4ccc5cccc6ccc3c4c65)cc2)cc1. The third kappa shape index (κ3) is 4.14. The molecule has 1 heterocycles. The number of rotatable bonds is 4. The van der Waals surface area contributed by atoms with Gasteiger partial charge in [-0.2, -0.15) is 0 Å². The molecule has 9 aromatic carbocycles. The van der Waals surface area contributed by atoms with Gasteiger partial charge in [0, 0.05) is 20.2 Å². The highest BCUT2D eigenvalue weighted by Crippen LogP contribution is 2.45. The molecule has 0 N–H and O–H groups in total. The van der Waals surface area contributed by atoms with E-state index >= 15 is 0 Å². The van der Waals surface area contributed by atoms with Crippen LogP contribution in [-0.4, -0.2) is 0 Å². The predicted molar refractivity (Wildman–Crippen MR) is 205 cm³/mol. The first kappa shape index (κ1) is 26.5. The van der Waals surface area contributed by atoms with Crippen molar-refractivity contribution in [1.29, 1.82) is 0 Å². The Morgan fingerprint density at radius 2 is 0.830 bits per heavy atom. The zero-order valence-electron chi connectivity index (χ0n) is 25.6. The maximum atomic E-state index is 2.42. The first-order valence-electron chi connectivity index (χ1n) is 16.2. The zero-order chi connectivity index (χ0) is 30.9. The summed E-state index contributed by atoms with van der Waals surface area (Å²) in [5.74, 6) is 0. The Morgan fingerprint density at radius 3 is 1.51 bits per heavy atom. The molecule has 10 rings (SSSR count). The standard InChI is InChI=1S/C46H28S/c1-2-8-29(9-3-1)30-16-18-32(19-17-30)41-28-42(39-27-25-35-11-6-10-34-24-26-38(41)45(39)44(34)35)33-22-20-31(21-23-33)36-13-7-14-40-37-12-4-5-15-43(37)47-46(36)40/h1-28H.